The zero-order chi connectivity index (χ0) is 20.5. The Bertz CT molecular complexity index is 1150. The molecule has 0 aliphatic carbocycles. The molecule has 0 radical (unpaired) electrons. The molecule has 0 N–H and O–H groups in total. The molecule has 1 atom stereocenters. The first-order chi connectivity index (χ1) is 13.3. The highest BCUT2D eigenvalue weighted by molar-refractivity contribution is 7.92. The highest BCUT2D eigenvalue weighted by Gasteiger charge is 2.33. The van der Waals surface area contributed by atoms with E-state index < -0.39 is 31.8 Å². The van der Waals surface area contributed by atoms with Gasteiger partial charge < -0.3 is 4.90 Å². The van der Waals surface area contributed by atoms with Crippen molar-refractivity contribution < 1.29 is 17.4 Å². The molecule has 3 aromatic rings. The maximum atomic E-state index is 13.2. The third kappa shape index (κ3) is 3.33. The van der Waals surface area contributed by atoms with Crippen LogP contribution in [0, 0.1) is 0 Å². The normalized spacial score (nSPS) is 13.0. The zero-order valence-electron chi connectivity index (χ0n) is 15.6. The van der Waals surface area contributed by atoms with E-state index in [0.29, 0.717) is 18.7 Å². The van der Waals surface area contributed by atoms with Crippen molar-refractivity contribution in [1.29, 1.82) is 0 Å². The van der Waals surface area contributed by atoms with Crippen LogP contribution in [0.3, 0.4) is 0 Å². The maximum Gasteiger partial charge on any atom is 0.346 e. The van der Waals surface area contributed by atoms with Crippen molar-refractivity contribution in [3.05, 3.63) is 30.7 Å². The predicted molar refractivity (Wildman–Crippen MR) is 101 cm³/mol. The number of carbonyl (C=O) groups is 1. The molecule has 0 saturated carbocycles. The Morgan fingerprint density at radius 2 is 1.93 bits per heavy atom. The number of carbonyl (C=O) groups excluding carboxylic acids is 1. The van der Waals surface area contributed by atoms with Crippen LogP contribution >= 0.6 is 0 Å². The van der Waals surface area contributed by atoms with Crippen LogP contribution in [-0.2, 0) is 20.6 Å². The molecule has 0 aliphatic heterocycles. The fourth-order valence-electron chi connectivity index (χ4n) is 2.67. The molecule has 3 heterocycles. The van der Waals surface area contributed by atoms with Gasteiger partial charge in [-0.15, -0.1) is 5.10 Å². The summed E-state index contributed by atoms with van der Waals surface area (Å²) in [6, 6.07) is 4.48. The van der Waals surface area contributed by atoms with Crippen molar-refractivity contribution in [2.45, 2.75) is 36.0 Å². The first kappa shape index (κ1) is 20.1. The highest BCUT2D eigenvalue weighted by atomic mass is 32.2. The number of hydrogen-bond acceptors (Lipinski definition) is 7. The largest absolute Gasteiger partial charge is 0.346 e. The molecule has 0 fully saturated rings. The molecule has 0 bridgehead atoms. The lowest BCUT2D eigenvalue weighted by molar-refractivity contribution is 0.201. The zero-order valence-corrected chi connectivity index (χ0v) is 17.3. The van der Waals surface area contributed by atoms with Gasteiger partial charge in [-0.3, -0.25) is 8.61 Å². The van der Waals surface area contributed by atoms with Crippen molar-refractivity contribution in [3.8, 4) is 0 Å². The summed E-state index contributed by atoms with van der Waals surface area (Å²) in [5, 5.41) is 3.02. The van der Waals surface area contributed by atoms with Crippen LogP contribution in [0.4, 0.5) is 4.79 Å². The number of aromatic nitrogens is 5. The molecule has 0 aromatic carbocycles. The standard InChI is InChI=1S/C16H20N6O4S2/c1-4-20(5-2)16(23)22-11-17-15(19-22)28(25,26)14-13(27(24)6-3)18-12-9-7-8-10-21(12)14/h7-11H,4-6H2,1-3H3. The van der Waals surface area contributed by atoms with E-state index >= 15 is 0 Å². The minimum atomic E-state index is -4.27. The summed E-state index contributed by atoms with van der Waals surface area (Å²) in [6.07, 6.45) is 2.58. The lowest BCUT2D eigenvalue weighted by Gasteiger charge is -2.17. The molecule has 1 amide bonds. The number of rotatable bonds is 6. The van der Waals surface area contributed by atoms with E-state index in [2.05, 4.69) is 15.1 Å². The van der Waals surface area contributed by atoms with Crippen LogP contribution in [0.1, 0.15) is 20.8 Å². The second kappa shape index (κ2) is 7.80. The topological polar surface area (TPSA) is 120 Å². The van der Waals surface area contributed by atoms with Crippen LogP contribution < -0.4 is 0 Å². The molecule has 150 valence electrons. The predicted octanol–water partition coefficient (Wildman–Crippen LogP) is 1.20. The second-order valence-electron chi connectivity index (χ2n) is 5.72. The summed E-state index contributed by atoms with van der Waals surface area (Å²) >= 11 is 0. The summed E-state index contributed by atoms with van der Waals surface area (Å²) in [4.78, 5) is 21.9. The van der Waals surface area contributed by atoms with Crippen molar-refractivity contribution in [2.75, 3.05) is 18.8 Å². The Hall–Kier alpha value is -2.60. The Morgan fingerprint density at radius 1 is 1.21 bits per heavy atom. The molecule has 0 aliphatic rings. The highest BCUT2D eigenvalue weighted by Crippen LogP contribution is 2.26. The van der Waals surface area contributed by atoms with Gasteiger partial charge in [0.05, 0.1) is 10.8 Å². The summed E-state index contributed by atoms with van der Waals surface area (Å²) < 4.78 is 41.1. The summed E-state index contributed by atoms with van der Waals surface area (Å²) in [7, 11) is -5.88. The Labute approximate surface area is 164 Å². The van der Waals surface area contributed by atoms with Crippen molar-refractivity contribution in [3.63, 3.8) is 0 Å². The van der Waals surface area contributed by atoms with Gasteiger partial charge in [-0.25, -0.2) is 23.2 Å². The minimum Gasteiger partial charge on any atom is -0.323 e. The van der Waals surface area contributed by atoms with E-state index in [9.17, 15) is 17.4 Å². The number of fused-ring (bicyclic) bond motifs is 1. The number of pyridine rings is 1. The fourth-order valence-corrected chi connectivity index (χ4v) is 5.28. The van der Waals surface area contributed by atoms with Crippen LogP contribution in [-0.4, -0.2) is 66.5 Å². The summed E-state index contributed by atoms with van der Waals surface area (Å²) in [6.45, 7) is 6.18. The lowest BCUT2D eigenvalue weighted by Crippen LogP contribution is -2.34. The number of nitrogens with zero attached hydrogens (tertiary/aromatic N) is 6. The molecule has 28 heavy (non-hydrogen) atoms. The van der Waals surface area contributed by atoms with Crippen molar-refractivity contribution in [2.24, 2.45) is 0 Å². The van der Waals surface area contributed by atoms with Gasteiger partial charge in [-0.05, 0) is 26.0 Å². The number of hydrogen-bond donors (Lipinski definition) is 0. The van der Waals surface area contributed by atoms with Gasteiger partial charge >= 0.3 is 6.03 Å². The number of amides is 1. The van der Waals surface area contributed by atoms with Crippen LogP contribution in [0.15, 0.2) is 45.9 Å². The van der Waals surface area contributed by atoms with Crippen LogP contribution in [0.5, 0.6) is 0 Å². The van der Waals surface area contributed by atoms with Crippen LogP contribution in [0.2, 0.25) is 0 Å². The molecule has 0 spiro atoms. The third-order valence-corrected chi connectivity index (χ3v) is 7.07. The SMILES string of the molecule is CCN(CC)C(=O)n1cnc(S(=O)(=O)c2c(S(=O)CC)nc3ccccn23)n1. The number of imidazole rings is 1. The van der Waals surface area contributed by atoms with Gasteiger partial charge in [0.15, 0.2) is 10.1 Å². The molecular weight excluding hydrogens is 404 g/mol. The van der Waals surface area contributed by atoms with Crippen LogP contribution in [0.25, 0.3) is 5.65 Å². The molecule has 12 heteroatoms. The first-order valence-electron chi connectivity index (χ1n) is 8.66. The van der Waals surface area contributed by atoms with Gasteiger partial charge in [-0.1, -0.05) is 13.0 Å². The summed E-state index contributed by atoms with van der Waals surface area (Å²) in [5.74, 6) is 0.203. The van der Waals surface area contributed by atoms with Gasteiger partial charge in [0, 0.05) is 25.0 Å². The third-order valence-electron chi connectivity index (χ3n) is 4.13. The molecular formula is C16H20N6O4S2. The van der Waals surface area contributed by atoms with E-state index in [-0.39, 0.29) is 15.8 Å². The average Bonchev–Trinajstić information content (AvgIpc) is 3.34. The monoisotopic (exact) mass is 424 g/mol. The molecule has 3 aromatic heterocycles. The average molecular weight is 425 g/mol. The molecule has 10 nitrogen and oxygen atoms in total. The quantitative estimate of drug-likeness (QED) is 0.583. The van der Waals surface area contributed by atoms with Crippen molar-refractivity contribution >= 4 is 32.3 Å². The number of sulfone groups is 1. The Kier molecular flexibility index (Phi) is 5.61. The van der Waals surface area contributed by atoms with E-state index in [1.54, 1.807) is 39.0 Å². The maximum absolute atomic E-state index is 13.2. The smallest absolute Gasteiger partial charge is 0.323 e. The van der Waals surface area contributed by atoms with Gasteiger partial charge in [0.1, 0.15) is 12.0 Å². The molecule has 0 saturated heterocycles. The minimum absolute atomic E-state index is 0.0554. The van der Waals surface area contributed by atoms with E-state index in [1.807, 2.05) is 0 Å². The van der Waals surface area contributed by atoms with Gasteiger partial charge in [-0.2, -0.15) is 4.68 Å². The van der Waals surface area contributed by atoms with E-state index in [0.717, 1.165) is 11.0 Å². The molecule has 1 unspecified atom stereocenters. The summed E-state index contributed by atoms with van der Waals surface area (Å²) in [5.41, 5.74) is 0.344. The van der Waals surface area contributed by atoms with Crippen molar-refractivity contribution in [1.82, 2.24) is 29.0 Å². The Balaban J connectivity index is 2.15. The first-order valence-corrected chi connectivity index (χ1v) is 11.5. The lowest BCUT2D eigenvalue weighted by atomic mass is 10.5. The van der Waals surface area contributed by atoms with Gasteiger partial charge in [0.2, 0.25) is 0 Å². The Morgan fingerprint density at radius 3 is 2.57 bits per heavy atom. The fraction of sp³-hybridized carbons (Fsp3) is 0.375. The van der Waals surface area contributed by atoms with Gasteiger partial charge in [0.25, 0.3) is 15.0 Å². The second-order valence-corrected chi connectivity index (χ2v) is 9.13. The van der Waals surface area contributed by atoms with E-state index in [4.69, 9.17) is 0 Å². The van der Waals surface area contributed by atoms with E-state index in [1.165, 1.54) is 15.5 Å². The molecule has 3 rings (SSSR count).